The molecule has 9 rings (SSSR count). The summed E-state index contributed by atoms with van der Waals surface area (Å²) in [6.07, 6.45) is 12.0. The first-order chi connectivity index (χ1) is 30.3. The fourth-order valence-corrected chi connectivity index (χ4v) is 15.5. The summed E-state index contributed by atoms with van der Waals surface area (Å²) in [7, 11) is 5.38. The van der Waals surface area contributed by atoms with Gasteiger partial charge in [0.05, 0.1) is 24.2 Å². The lowest BCUT2D eigenvalue weighted by molar-refractivity contribution is -0.186. The molecule has 338 valence electrons. The van der Waals surface area contributed by atoms with E-state index in [-0.39, 0.29) is 60.6 Å². The lowest BCUT2D eigenvalue weighted by atomic mass is 9.61. The molecule has 0 radical (unpaired) electrons. The quantitative estimate of drug-likeness (QED) is 0.0566. The van der Waals surface area contributed by atoms with Crippen molar-refractivity contribution in [3.05, 3.63) is 86.1 Å². The number of aliphatic hydroxyl groups is 2. The van der Waals surface area contributed by atoms with Gasteiger partial charge in [-0.3, -0.25) is 4.79 Å². The predicted molar refractivity (Wildman–Crippen MR) is 244 cm³/mol. The van der Waals surface area contributed by atoms with Gasteiger partial charge in [0.2, 0.25) is 5.91 Å². The predicted octanol–water partition coefficient (Wildman–Crippen LogP) is 4.97. The van der Waals surface area contributed by atoms with Crippen LogP contribution in [0, 0.1) is 23.7 Å². The van der Waals surface area contributed by atoms with Crippen LogP contribution in [0.15, 0.2) is 73.8 Å². The van der Waals surface area contributed by atoms with Crippen molar-refractivity contribution >= 4 is 50.7 Å². The van der Waals surface area contributed by atoms with E-state index in [9.17, 15) is 29.4 Å². The molecule has 2 aromatic rings. The molecule has 5 heterocycles. The second-order valence-corrected chi connectivity index (χ2v) is 21.6. The Balaban J connectivity index is 1.18. The van der Waals surface area contributed by atoms with Gasteiger partial charge in [-0.1, -0.05) is 52.2 Å². The molecule has 9 atom stereocenters. The monoisotopic (exact) mass is 900 g/mol. The first-order valence-corrected chi connectivity index (χ1v) is 24.9. The number of carbonyl (C=O) groups excluding carboxylic acids is 3. The van der Waals surface area contributed by atoms with Crippen molar-refractivity contribution in [2.75, 3.05) is 39.1 Å². The smallest absolute Gasteiger partial charge is 0.340 e. The van der Waals surface area contributed by atoms with Gasteiger partial charge in [0, 0.05) is 96.0 Å². The number of aliphatic hydroxyl groups excluding tert-OH is 2. The number of nitrogens with two attached hydrogens (primary N) is 1. The van der Waals surface area contributed by atoms with Crippen LogP contribution in [0.25, 0.3) is 11.0 Å². The number of hydrogen-bond acceptors (Lipinski definition) is 14. The highest BCUT2D eigenvalue weighted by Gasteiger charge is 2.64. The number of dihydropyridines is 1. The molecular formula is C48H60N4O9S2. The van der Waals surface area contributed by atoms with E-state index in [2.05, 4.69) is 16.7 Å². The molecule has 2 saturated carbocycles. The second-order valence-electron chi connectivity index (χ2n) is 19.0. The average molecular weight is 901 g/mol. The highest BCUT2D eigenvalue weighted by molar-refractivity contribution is 8.77. The third-order valence-corrected chi connectivity index (χ3v) is 18.7. The van der Waals surface area contributed by atoms with Crippen LogP contribution in [0.3, 0.4) is 0 Å². The summed E-state index contributed by atoms with van der Waals surface area (Å²) in [5.41, 5.74) is 8.11. The number of fused-ring (bicyclic) bond motifs is 5. The number of esters is 1. The number of ether oxygens (including phenoxy) is 2. The van der Waals surface area contributed by atoms with Gasteiger partial charge in [0.25, 0.3) is 0 Å². The Morgan fingerprint density at radius 3 is 2.71 bits per heavy atom. The van der Waals surface area contributed by atoms with E-state index in [0.717, 1.165) is 46.8 Å². The number of aldehydes is 1. The molecule has 63 heavy (non-hydrogen) atoms. The number of nitrogens with zero attached hydrogens (tertiary/aromatic N) is 1. The fourth-order valence-electron chi connectivity index (χ4n) is 12.4. The molecule has 0 bridgehead atoms. The summed E-state index contributed by atoms with van der Waals surface area (Å²) in [4.78, 5) is 56.9. The van der Waals surface area contributed by atoms with Crippen LogP contribution in [0.4, 0.5) is 0 Å². The summed E-state index contributed by atoms with van der Waals surface area (Å²) in [6.45, 7) is 6.17. The van der Waals surface area contributed by atoms with E-state index < -0.39 is 34.1 Å². The SMILES string of the molecule is CC=C(C)C(=O)OC1(C)CC=C2CSSC3CC(C=O)C(NC)C4CN(C(=O)CC5=C(C=C(N)NC5)C2C12Cc1cc5cc(C6(C(CO)CCO)CCCC6)c(=O)oc5cc1O2)C34. The number of nitrogens with one attached hydrogen (secondary N) is 2. The van der Waals surface area contributed by atoms with Crippen molar-refractivity contribution in [2.24, 2.45) is 29.4 Å². The highest BCUT2D eigenvalue weighted by atomic mass is 33.1. The van der Waals surface area contributed by atoms with Gasteiger partial charge in [0.1, 0.15) is 17.6 Å². The minimum atomic E-state index is -1.23. The zero-order chi connectivity index (χ0) is 44.4. The van der Waals surface area contributed by atoms with Crippen molar-refractivity contribution in [3.8, 4) is 5.75 Å². The Morgan fingerprint density at radius 1 is 1.21 bits per heavy atom. The van der Waals surface area contributed by atoms with E-state index >= 15 is 0 Å². The Bertz CT molecular complexity index is 2390. The van der Waals surface area contributed by atoms with Crippen molar-refractivity contribution in [1.82, 2.24) is 15.5 Å². The Labute approximate surface area is 376 Å². The van der Waals surface area contributed by atoms with Crippen LogP contribution >= 0.6 is 21.6 Å². The van der Waals surface area contributed by atoms with E-state index in [4.69, 9.17) is 19.6 Å². The molecule has 1 saturated heterocycles. The van der Waals surface area contributed by atoms with E-state index in [1.807, 2.05) is 37.1 Å². The molecule has 9 unspecified atom stereocenters. The zero-order valence-corrected chi connectivity index (χ0v) is 38.2. The summed E-state index contributed by atoms with van der Waals surface area (Å²) in [6, 6.07) is 5.74. The maximum Gasteiger partial charge on any atom is 0.340 e. The summed E-state index contributed by atoms with van der Waals surface area (Å²) in [5.74, 6) is 0.381. The molecule has 15 heteroatoms. The lowest BCUT2D eigenvalue weighted by Crippen LogP contribution is -2.71. The van der Waals surface area contributed by atoms with Crippen molar-refractivity contribution < 1.29 is 38.5 Å². The molecular weight excluding hydrogens is 841 g/mol. The fraction of sp³-hybridized carbons (Fsp3) is 0.583. The van der Waals surface area contributed by atoms with Crippen molar-refractivity contribution in [1.29, 1.82) is 0 Å². The number of benzene rings is 1. The second kappa shape index (κ2) is 17.1. The lowest BCUT2D eigenvalue weighted by Gasteiger charge is -2.58. The molecule has 3 fully saturated rings. The molecule has 13 nitrogen and oxygen atoms in total. The third-order valence-electron chi connectivity index (χ3n) is 15.9. The Hall–Kier alpha value is -4.02. The molecule has 7 aliphatic rings. The molecule has 1 aromatic heterocycles. The van der Waals surface area contributed by atoms with Crippen LogP contribution in [0.5, 0.6) is 5.75 Å². The summed E-state index contributed by atoms with van der Waals surface area (Å²) < 4.78 is 20.2. The third kappa shape index (κ3) is 7.19. The highest BCUT2D eigenvalue weighted by Crippen LogP contribution is 2.58. The summed E-state index contributed by atoms with van der Waals surface area (Å²) in [5, 5.41) is 28.0. The number of carbonyl (C=O) groups is 3. The maximum absolute atomic E-state index is 14.6. The van der Waals surface area contributed by atoms with E-state index in [0.29, 0.717) is 85.7 Å². The zero-order valence-electron chi connectivity index (χ0n) is 36.6. The van der Waals surface area contributed by atoms with Crippen LogP contribution in [-0.4, -0.2) is 101 Å². The molecule has 1 spiro atoms. The molecule has 1 aromatic carbocycles. The van der Waals surface area contributed by atoms with Gasteiger partial charge in [0.15, 0.2) is 11.2 Å². The van der Waals surface area contributed by atoms with Gasteiger partial charge in [-0.25, -0.2) is 9.59 Å². The number of hydrogen-bond donors (Lipinski definition) is 5. The number of allylic oxidation sites excluding steroid dienone is 2. The topological polar surface area (TPSA) is 194 Å². The maximum atomic E-state index is 14.6. The average Bonchev–Trinajstić information content (AvgIpc) is 3.90. The van der Waals surface area contributed by atoms with Crippen LogP contribution in [0.1, 0.15) is 83.3 Å². The first kappa shape index (κ1) is 44.2. The van der Waals surface area contributed by atoms with Gasteiger partial charge >= 0.3 is 11.6 Å². The van der Waals surface area contributed by atoms with E-state index in [1.54, 1.807) is 47.6 Å². The minimum Gasteiger partial charge on any atom is -0.481 e. The molecule has 1 amide bonds. The molecule has 6 N–H and O–H groups in total. The van der Waals surface area contributed by atoms with Gasteiger partial charge < -0.3 is 50.2 Å². The molecule has 4 aliphatic heterocycles. The van der Waals surface area contributed by atoms with Crippen molar-refractivity contribution in [3.63, 3.8) is 0 Å². The van der Waals surface area contributed by atoms with Crippen LogP contribution < -0.4 is 26.7 Å². The number of rotatable bonds is 9. The molecule has 3 aliphatic carbocycles. The van der Waals surface area contributed by atoms with Gasteiger partial charge in [-0.15, -0.1) is 0 Å². The van der Waals surface area contributed by atoms with Crippen LogP contribution in [-0.2, 0) is 31.0 Å². The standard InChI is InChI=1S/C48H60N4O9S2/c1-5-26(2)44(57)61-46(3)12-8-27-25-62-63-38-16-31(23-54)42(50-4)34-22-52(43(34)38)40(56)17-30-21-51-39(49)18-33(30)41(27)48(46)20-29-14-28-15-35(45(58)59-36(28)19-37(29)60-48)47(10-6-7-11-47)32(24-55)9-13-53/h5,8,14-15,18-19,23,31-32,34,38,41-43,50-51,53,55H,6-7,9-13,16-17,20-22,24-25,49H2,1-4H3. The van der Waals surface area contributed by atoms with Gasteiger partial charge in [-0.2, -0.15) is 0 Å². The van der Waals surface area contributed by atoms with Gasteiger partial charge in [-0.05, 0) is 94.3 Å². The Morgan fingerprint density at radius 2 is 2.00 bits per heavy atom. The van der Waals surface area contributed by atoms with Crippen molar-refractivity contribution in [2.45, 2.75) is 113 Å². The normalized spacial score (nSPS) is 33.0. The minimum absolute atomic E-state index is 0.0134. The first-order valence-electron chi connectivity index (χ1n) is 22.5. The Kier molecular flexibility index (Phi) is 12.0. The van der Waals surface area contributed by atoms with Crippen LogP contribution in [0.2, 0.25) is 0 Å². The number of amides is 1. The van der Waals surface area contributed by atoms with E-state index in [1.165, 1.54) is 0 Å². The largest absolute Gasteiger partial charge is 0.481 e. The summed E-state index contributed by atoms with van der Waals surface area (Å²) >= 11 is 0.